The summed E-state index contributed by atoms with van der Waals surface area (Å²) in [6, 6.07) is 15.9. The van der Waals surface area contributed by atoms with E-state index >= 15 is 0 Å². The molecule has 6 heteroatoms. The van der Waals surface area contributed by atoms with Gasteiger partial charge in [-0.05, 0) is 48.5 Å². The van der Waals surface area contributed by atoms with Crippen LogP contribution in [0, 0.1) is 0 Å². The van der Waals surface area contributed by atoms with Crippen molar-refractivity contribution in [2.75, 3.05) is 40.8 Å². The first kappa shape index (κ1) is 16.7. The quantitative estimate of drug-likeness (QED) is 0.835. The largest absolute Gasteiger partial charge is 0.378 e. The molecule has 0 unspecified atom stereocenters. The molecular formula is C18H21N3O2S. The summed E-state index contributed by atoms with van der Waals surface area (Å²) in [6.45, 7) is 4.90. The van der Waals surface area contributed by atoms with Crippen molar-refractivity contribution in [1.82, 2.24) is 0 Å². The van der Waals surface area contributed by atoms with Crippen LogP contribution in [0.25, 0.3) is 0 Å². The van der Waals surface area contributed by atoms with Crippen molar-refractivity contribution in [3.05, 3.63) is 48.5 Å². The highest BCUT2D eigenvalue weighted by Crippen LogP contribution is 2.30. The number of hydrogen-bond acceptors (Lipinski definition) is 5. The van der Waals surface area contributed by atoms with Gasteiger partial charge in [-0.1, -0.05) is 12.8 Å². The van der Waals surface area contributed by atoms with E-state index in [0.717, 1.165) is 43.4 Å². The van der Waals surface area contributed by atoms with E-state index in [1.54, 1.807) is 0 Å². The lowest BCUT2D eigenvalue weighted by molar-refractivity contribution is -0.114. The number of anilines is 4. The van der Waals surface area contributed by atoms with Gasteiger partial charge in [0.25, 0.3) is 0 Å². The number of thiol groups is 1. The lowest BCUT2D eigenvalue weighted by atomic mass is 10.2. The molecule has 1 heterocycles. The van der Waals surface area contributed by atoms with Crippen LogP contribution in [-0.4, -0.2) is 32.2 Å². The standard InChI is InChI=1S/C18H21N3O2S/c1-14(22)19-15-2-4-17(5-3-15)21(24)18-8-6-16(7-9-18)20-10-12-23-13-11-20/h2-9,24H,10-13H2,1H3,(H,19,22). The van der Waals surface area contributed by atoms with Crippen molar-refractivity contribution in [2.45, 2.75) is 6.92 Å². The van der Waals surface area contributed by atoms with Crippen molar-refractivity contribution in [1.29, 1.82) is 0 Å². The van der Waals surface area contributed by atoms with Crippen molar-refractivity contribution in [3.63, 3.8) is 0 Å². The molecule has 0 spiro atoms. The molecule has 2 aromatic rings. The van der Waals surface area contributed by atoms with Gasteiger partial charge in [-0.2, -0.15) is 0 Å². The number of hydrogen-bond donors (Lipinski definition) is 2. The van der Waals surface area contributed by atoms with E-state index in [0.29, 0.717) is 0 Å². The van der Waals surface area contributed by atoms with Crippen molar-refractivity contribution >= 4 is 41.5 Å². The zero-order valence-electron chi connectivity index (χ0n) is 13.6. The molecule has 0 saturated carbocycles. The second-order valence-electron chi connectivity index (χ2n) is 5.66. The number of nitrogens with one attached hydrogen (secondary N) is 1. The van der Waals surface area contributed by atoms with Gasteiger partial charge >= 0.3 is 0 Å². The summed E-state index contributed by atoms with van der Waals surface area (Å²) in [4.78, 5) is 13.4. The first-order chi connectivity index (χ1) is 11.6. The molecule has 0 radical (unpaired) electrons. The second kappa shape index (κ2) is 7.59. The third-order valence-electron chi connectivity index (χ3n) is 3.90. The van der Waals surface area contributed by atoms with Gasteiger partial charge < -0.3 is 15.0 Å². The smallest absolute Gasteiger partial charge is 0.221 e. The maximum absolute atomic E-state index is 11.1. The van der Waals surface area contributed by atoms with Gasteiger partial charge in [-0.15, -0.1) is 0 Å². The fourth-order valence-electron chi connectivity index (χ4n) is 2.66. The normalized spacial score (nSPS) is 14.3. The Balaban J connectivity index is 1.70. The number of carbonyl (C=O) groups is 1. The van der Waals surface area contributed by atoms with Crippen molar-refractivity contribution < 1.29 is 9.53 Å². The van der Waals surface area contributed by atoms with Crippen LogP contribution < -0.4 is 14.5 Å². The van der Waals surface area contributed by atoms with E-state index in [2.05, 4.69) is 47.3 Å². The minimum Gasteiger partial charge on any atom is -0.378 e. The van der Waals surface area contributed by atoms with Crippen LogP contribution in [0.2, 0.25) is 0 Å². The molecular weight excluding hydrogens is 322 g/mol. The molecule has 1 saturated heterocycles. The summed E-state index contributed by atoms with van der Waals surface area (Å²) in [5.41, 5.74) is 3.90. The SMILES string of the molecule is CC(=O)Nc1ccc(N(S)c2ccc(N3CCOCC3)cc2)cc1. The van der Waals surface area contributed by atoms with Gasteiger partial charge in [0.15, 0.2) is 0 Å². The zero-order chi connectivity index (χ0) is 16.9. The van der Waals surface area contributed by atoms with Crippen LogP contribution in [0.1, 0.15) is 6.92 Å². The number of rotatable bonds is 4. The first-order valence-corrected chi connectivity index (χ1v) is 8.33. The highest BCUT2D eigenvalue weighted by atomic mass is 32.1. The van der Waals surface area contributed by atoms with E-state index < -0.39 is 0 Å². The van der Waals surface area contributed by atoms with Crippen molar-refractivity contribution in [3.8, 4) is 0 Å². The number of amides is 1. The summed E-state index contributed by atoms with van der Waals surface area (Å²) in [7, 11) is 0. The lowest BCUT2D eigenvalue weighted by Gasteiger charge is -2.29. The topological polar surface area (TPSA) is 44.8 Å². The van der Waals surface area contributed by atoms with Gasteiger partial charge in [-0.25, -0.2) is 0 Å². The van der Waals surface area contributed by atoms with Crippen LogP contribution in [-0.2, 0) is 9.53 Å². The summed E-state index contributed by atoms with van der Waals surface area (Å²) >= 11 is 4.59. The number of ether oxygens (including phenoxy) is 1. The minimum atomic E-state index is -0.0795. The van der Waals surface area contributed by atoms with Crippen LogP contribution in [0.4, 0.5) is 22.7 Å². The Bertz CT molecular complexity index is 682. The van der Waals surface area contributed by atoms with Crippen LogP contribution in [0.3, 0.4) is 0 Å². The highest BCUT2D eigenvalue weighted by molar-refractivity contribution is 7.82. The van der Waals surface area contributed by atoms with Gasteiger partial charge in [0.2, 0.25) is 5.91 Å². The molecule has 2 aromatic carbocycles. The molecule has 0 atom stereocenters. The molecule has 1 aliphatic rings. The number of benzene rings is 2. The summed E-state index contributed by atoms with van der Waals surface area (Å²) in [5, 5.41) is 2.76. The molecule has 126 valence electrons. The van der Waals surface area contributed by atoms with Gasteiger partial charge in [0, 0.05) is 31.4 Å². The fourth-order valence-corrected chi connectivity index (χ4v) is 2.93. The van der Waals surface area contributed by atoms with E-state index in [4.69, 9.17) is 4.74 Å². The molecule has 0 aliphatic carbocycles. The maximum Gasteiger partial charge on any atom is 0.221 e. The zero-order valence-corrected chi connectivity index (χ0v) is 14.5. The Morgan fingerprint density at radius 2 is 1.58 bits per heavy atom. The molecule has 3 rings (SSSR count). The number of morpholine rings is 1. The minimum absolute atomic E-state index is 0.0795. The van der Waals surface area contributed by atoms with E-state index in [1.807, 2.05) is 28.6 Å². The van der Waals surface area contributed by atoms with Crippen molar-refractivity contribution in [2.24, 2.45) is 0 Å². The monoisotopic (exact) mass is 343 g/mol. The summed E-state index contributed by atoms with van der Waals surface area (Å²) in [5.74, 6) is -0.0795. The maximum atomic E-state index is 11.1. The highest BCUT2D eigenvalue weighted by Gasteiger charge is 2.12. The second-order valence-corrected chi connectivity index (χ2v) is 6.06. The summed E-state index contributed by atoms with van der Waals surface area (Å²) in [6.07, 6.45) is 0. The Morgan fingerprint density at radius 1 is 1.04 bits per heavy atom. The van der Waals surface area contributed by atoms with Gasteiger partial charge in [0.1, 0.15) is 0 Å². The molecule has 1 aliphatic heterocycles. The van der Waals surface area contributed by atoms with E-state index in [1.165, 1.54) is 12.6 Å². The molecule has 0 aromatic heterocycles. The van der Waals surface area contributed by atoms with Crippen LogP contribution >= 0.6 is 12.8 Å². The third kappa shape index (κ3) is 4.01. The summed E-state index contributed by atoms with van der Waals surface area (Å²) < 4.78 is 7.21. The van der Waals surface area contributed by atoms with Crippen LogP contribution in [0.15, 0.2) is 48.5 Å². The van der Waals surface area contributed by atoms with E-state index in [9.17, 15) is 4.79 Å². The lowest BCUT2D eigenvalue weighted by Crippen LogP contribution is -2.36. The Kier molecular flexibility index (Phi) is 5.27. The average molecular weight is 343 g/mol. The Morgan fingerprint density at radius 3 is 2.12 bits per heavy atom. The molecule has 1 fully saturated rings. The fraction of sp³-hybridized carbons (Fsp3) is 0.278. The van der Waals surface area contributed by atoms with Gasteiger partial charge in [-0.3, -0.25) is 9.10 Å². The number of nitrogens with zero attached hydrogens (tertiary/aromatic N) is 2. The molecule has 5 nitrogen and oxygen atoms in total. The van der Waals surface area contributed by atoms with Crippen LogP contribution in [0.5, 0.6) is 0 Å². The van der Waals surface area contributed by atoms with Gasteiger partial charge in [0.05, 0.1) is 24.6 Å². The molecule has 0 bridgehead atoms. The molecule has 1 amide bonds. The Labute approximate surface area is 147 Å². The third-order valence-corrected chi connectivity index (χ3v) is 4.36. The predicted octanol–water partition coefficient (Wildman–Crippen LogP) is 3.46. The molecule has 24 heavy (non-hydrogen) atoms. The number of carbonyl (C=O) groups excluding carboxylic acids is 1. The first-order valence-electron chi connectivity index (χ1n) is 7.93. The predicted molar refractivity (Wildman–Crippen MR) is 101 cm³/mol. The Hall–Kier alpha value is -2.18. The molecule has 1 N–H and O–H groups in total. The van der Waals surface area contributed by atoms with E-state index in [-0.39, 0.29) is 5.91 Å². The average Bonchev–Trinajstić information content (AvgIpc) is 2.62.